The lowest BCUT2D eigenvalue weighted by Crippen LogP contribution is -2.17. The molecule has 0 unspecified atom stereocenters. The average molecular weight is 362 g/mol. The highest BCUT2D eigenvalue weighted by molar-refractivity contribution is 7.90. The van der Waals surface area contributed by atoms with Crippen molar-refractivity contribution in [1.82, 2.24) is 19.2 Å². The molecule has 0 bridgehead atoms. The number of carbonyl (C=O) groups is 1. The summed E-state index contributed by atoms with van der Waals surface area (Å²) in [5, 5.41) is 15.8. The van der Waals surface area contributed by atoms with E-state index in [0.29, 0.717) is 0 Å². The van der Waals surface area contributed by atoms with Crippen LogP contribution in [0.1, 0.15) is 16.3 Å². The number of hydrogen-bond donors (Lipinski definition) is 2. The van der Waals surface area contributed by atoms with Crippen LogP contribution < -0.4 is 0 Å². The zero-order valence-corrected chi connectivity index (χ0v) is 13.3. The highest BCUT2D eigenvalue weighted by Gasteiger charge is 2.22. The highest BCUT2D eigenvalue weighted by Crippen LogP contribution is 2.18. The smallest absolute Gasteiger partial charge is 0.268 e. The van der Waals surface area contributed by atoms with Crippen molar-refractivity contribution < 1.29 is 22.7 Å². The van der Waals surface area contributed by atoms with E-state index < -0.39 is 27.4 Å². The second-order valence-electron chi connectivity index (χ2n) is 4.86. The summed E-state index contributed by atoms with van der Waals surface area (Å²) < 4.78 is 39.0. The van der Waals surface area contributed by atoms with Gasteiger partial charge in [-0.3, -0.25) is 9.89 Å². The molecule has 0 fully saturated rings. The summed E-state index contributed by atoms with van der Waals surface area (Å²) in [6, 6.07) is 6.86. The number of allylic oxidation sites excluding steroid dienone is 1. The van der Waals surface area contributed by atoms with Crippen LogP contribution in [0.4, 0.5) is 4.39 Å². The normalized spacial score (nSPS) is 12.3. The van der Waals surface area contributed by atoms with Crippen LogP contribution in [0.3, 0.4) is 0 Å². The average Bonchev–Trinajstić information content (AvgIpc) is 3.27. The summed E-state index contributed by atoms with van der Waals surface area (Å²) in [4.78, 5) is 15.8. The summed E-state index contributed by atoms with van der Waals surface area (Å²) in [5.41, 5.74) is -0.202. The van der Waals surface area contributed by atoms with Crippen molar-refractivity contribution in [3.63, 3.8) is 0 Å². The molecular weight excluding hydrogens is 351 g/mol. The molecule has 2 heterocycles. The number of hydrogen-bond acceptors (Lipinski definition) is 6. The highest BCUT2D eigenvalue weighted by atomic mass is 32.2. The van der Waals surface area contributed by atoms with Crippen LogP contribution in [-0.2, 0) is 10.0 Å². The molecule has 2 aromatic heterocycles. The lowest BCUT2D eigenvalue weighted by molar-refractivity contribution is 0.104. The molecule has 0 atom stereocenters. The zero-order valence-electron chi connectivity index (χ0n) is 12.5. The monoisotopic (exact) mass is 362 g/mol. The molecule has 0 aliphatic rings. The number of ketones is 1. The first-order valence-electron chi connectivity index (χ1n) is 6.89. The van der Waals surface area contributed by atoms with Crippen LogP contribution in [0.25, 0.3) is 5.76 Å². The third kappa shape index (κ3) is 3.19. The Morgan fingerprint density at radius 1 is 1.24 bits per heavy atom. The predicted octanol–water partition coefficient (Wildman–Crippen LogP) is 1.76. The molecular formula is C15H11FN4O4S. The number of halogens is 1. The third-order valence-corrected chi connectivity index (χ3v) is 4.95. The van der Waals surface area contributed by atoms with Gasteiger partial charge in [-0.2, -0.15) is 5.10 Å². The first-order valence-corrected chi connectivity index (χ1v) is 8.33. The second-order valence-corrected chi connectivity index (χ2v) is 6.68. The van der Waals surface area contributed by atoms with Crippen LogP contribution in [0, 0.1) is 5.82 Å². The Kier molecular flexibility index (Phi) is 4.19. The minimum atomic E-state index is -4.10. The molecule has 0 aliphatic heterocycles. The van der Waals surface area contributed by atoms with Crippen molar-refractivity contribution in [1.29, 1.82) is 0 Å². The largest absolute Gasteiger partial charge is 0.504 e. The molecule has 3 aromatic rings. The van der Waals surface area contributed by atoms with Crippen molar-refractivity contribution in [2.24, 2.45) is 0 Å². The van der Waals surface area contributed by atoms with Gasteiger partial charge in [0.05, 0.1) is 4.90 Å². The van der Waals surface area contributed by atoms with Gasteiger partial charge in [0.15, 0.2) is 5.76 Å². The Bertz CT molecular complexity index is 1040. The van der Waals surface area contributed by atoms with Gasteiger partial charge >= 0.3 is 0 Å². The van der Waals surface area contributed by atoms with E-state index in [2.05, 4.69) is 15.2 Å². The van der Waals surface area contributed by atoms with Crippen molar-refractivity contribution in [2.45, 2.75) is 4.90 Å². The summed E-state index contributed by atoms with van der Waals surface area (Å²) in [6.07, 6.45) is 3.21. The van der Waals surface area contributed by atoms with Crippen molar-refractivity contribution in [3.8, 4) is 0 Å². The number of rotatable bonds is 5. The molecule has 0 aliphatic carbocycles. The minimum Gasteiger partial charge on any atom is -0.504 e. The molecule has 0 saturated heterocycles. The standard InChI is InChI=1S/C15H11FN4O4S/c16-10-3-5-11(6-4-10)25(23,24)20-7-1-2-12(20)13(21)8-14(22)15-17-9-18-19-15/h1-9,22H,(H,17,18,19). The quantitative estimate of drug-likeness (QED) is 0.406. The molecule has 2 N–H and O–H groups in total. The molecule has 3 rings (SSSR count). The van der Waals surface area contributed by atoms with Crippen LogP contribution in [0.2, 0.25) is 0 Å². The number of aliphatic hydroxyl groups excluding tert-OH is 1. The third-order valence-electron chi connectivity index (χ3n) is 3.25. The van der Waals surface area contributed by atoms with Crippen molar-refractivity contribution in [2.75, 3.05) is 0 Å². The fourth-order valence-electron chi connectivity index (χ4n) is 2.08. The molecule has 1 aromatic carbocycles. The van der Waals surface area contributed by atoms with Crippen LogP contribution in [0.5, 0.6) is 0 Å². The first kappa shape index (κ1) is 16.6. The maximum absolute atomic E-state index is 13.0. The van der Waals surface area contributed by atoms with Gasteiger partial charge in [0.2, 0.25) is 11.6 Å². The SMILES string of the molecule is O=C(C=C(O)c1nc[nH]n1)c1cccn1S(=O)(=O)c1ccc(F)cc1. The van der Waals surface area contributed by atoms with E-state index in [4.69, 9.17) is 0 Å². The Balaban J connectivity index is 1.99. The molecule has 0 spiro atoms. The van der Waals surface area contributed by atoms with Crippen LogP contribution >= 0.6 is 0 Å². The summed E-state index contributed by atoms with van der Waals surface area (Å²) in [6.45, 7) is 0. The summed E-state index contributed by atoms with van der Waals surface area (Å²) in [5.74, 6) is -1.97. The number of aromatic nitrogens is 4. The predicted molar refractivity (Wildman–Crippen MR) is 84.7 cm³/mol. The minimum absolute atomic E-state index is 0.104. The van der Waals surface area contributed by atoms with Gasteiger partial charge in [0.1, 0.15) is 17.8 Å². The molecule has 128 valence electrons. The molecule has 0 saturated carbocycles. The Morgan fingerprint density at radius 3 is 2.60 bits per heavy atom. The lowest BCUT2D eigenvalue weighted by atomic mass is 10.2. The molecule has 8 nitrogen and oxygen atoms in total. The van der Waals surface area contributed by atoms with Gasteiger partial charge in [0, 0.05) is 12.3 Å². The van der Waals surface area contributed by atoms with Crippen LogP contribution in [-0.4, -0.2) is 38.5 Å². The number of H-pyrrole nitrogens is 1. The van der Waals surface area contributed by atoms with E-state index in [9.17, 15) is 22.7 Å². The van der Waals surface area contributed by atoms with Gasteiger partial charge in [0.25, 0.3) is 10.0 Å². The number of benzene rings is 1. The van der Waals surface area contributed by atoms with Crippen LogP contribution in [0.15, 0.2) is 59.9 Å². The maximum atomic E-state index is 13.0. The molecule has 0 radical (unpaired) electrons. The Morgan fingerprint density at radius 2 is 1.96 bits per heavy atom. The maximum Gasteiger partial charge on any atom is 0.268 e. The Labute approximate surface area is 141 Å². The number of nitrogens with zero attached hydrogens (tertiary/aromatic N) is 3. The molecule has 10 heteroatoms. The summed E-state index contributed by atoms with van der Waals surface area (Å²) in [7, 11) is -4.10. The first-order chi connectivity index (χ1) is 11.9. The second kappa shape index (κ2) is 6.32. The van der Waals surface area contributed by atoms with Gasteiger partial charge in [-0.15, -0.1) is 0 Å². The van der Waals surface area contributed by atoms with E-state index >= 15 is 0 Å². The molecule has 0 amide bonds. The number of aliphatic hydroxyl groups is 1. The van der Waals surface area contributed by atoms with Crippen molar-refractivity contribution in [3.05, 3.63) is 72.3 Å². The van der Waals surface area contributed by atoms with E-state index in [1.54, 1.807) is 0 Å². The molecule has 25 heavy (non-hydrogen) atoms. The zero-order chi connectivity index (χ0) is 18.0. The lowest BCUT2D eigenvalue weighted by Gasteiger charge is -2.09. The van der Waals surface area contributed by atoms with Gasteiger partial charge in [-0.25, -0.2) is 21.8 Å². The fraction of sp³-hybridized carbons (Fsp3) is 0. The van der Waals surface area contributed by atoms with Gasteiger partial charge < -0.3 is 5.11 Å². The Hall–Kier alpha value is -3.27. The fourth-order valence-corrected chi connectivity index (χ4v) is 3.43. The topological polar surface area (TPSA) is 118 Å². The summed E-state index contributed by atoms with van der Waals surface area (Å²) >= 11 is 0. The number of aromatic amines is 1. The van der Waals surface area contributed by atoms with E-state index in [1.165, 1.54) is 24.7 Å². The number of carbonyl (C=O) groups excluding carboxylic acids is 1. The van der Waals surface area contributed by atoms with Gasteiger partial charge in [-0.1, -0.05) is 0 Å². The van der Waals surface area contributed by atoms with E-state index in [-0.39, 0.29) is 16.4 Å². The number of nitrogens with one attached hydrogen (secondary N) is 1. The van der Waals surface area contributed by atoms with Crippen molar-refractivity contribution >= 4 is 21.6 Å². The van der Waals surface area contributed by atoms with E-state index in [1.807, 2.05) is 0 Å². The van der Waals surface area contributed by atoms with Gasteiger partial charge in [-0.05, 0) is 36.4 Å². The van der Waals surface area contributed by atoms with E-state index in [0.717, 1.165) is 34.3 Å².